The van der Waals surface area contributed by atoms with Crippen LogP contribution in [0.2, 0.25) is 0 Å². The van der Waals surface area contributed by atoms with Gasteiger partial charge in [-0.1, -0.05) is 17.7 Å². The third-order valence-corrected chi connectivity index (χ3v) is 7.35. The molecule has 0 radical (unpaired) electrons. The highest BCUT2D eigenvalue weighted by molar-refractivity contribution is 7.90. The van der Waals surface area contributed by atoms with Crippen molar-refractivity contribution in [2.45, 2.75) is 37.1 Å². The van der Waals surface area contributed by atoms with Crippen LogP contribution in [0.5, 0.6) is 0 Å². The second-order valence-corrected chi connectivity index (χ2v) is 9.44. The first-order valence-electron chi connectivity index (χ1n) is 9.20. The van der Waals surface area contributed by atoms with Crippen molar-refractivity contribution in [1.29, 1.82) is 0 Å². The Kier molecular flexibility index (Phi) is 4.55. The summed E-state index contributed by atoms with van der Waals surface area (Å²) in [6, 6.07) is 8.66. The van der Waals surface area contributed by atoms with E-state index in [0.717, 1.165) is 22.0 Å². The minimum Gasteiger partial charge on any atom is -0.306 e. The maximum atomic E-state index is 14.8. The highest BCUT2D eigenvalue weighted by atomic mass is 32.2. The molecule has 4 nitrogen and oxygen atoms in total. The number of aryl methyl sites for hydroxylation is 1. The van der Waals surface area contributed by atoms with E-state index in [1.54, 1.807) is 12.1 Å². The zero-order chi connectivity index (χ0) is 20.2. The van der Waals surface area contributed by atoms with Crippen LogP contribution in [0.4, 0.5) is 8.78 Å². The number of nitrogens with zero attached hydrogens (tertiary/aromatic N) is 2. The molecule has 1 aromatic heterocycles. The SMILES string of the molecule is Cc1ccc(S(=O)(=O)n2c3c(c4cc(F)cc(F)c42)CC(N(C)C)CC3)cc1. The van der Waals surface area contributed by atoms with Crippen molar-refractivity contribution in [3.63, 3.8) is 0 Å². The van der Waals surface area contributed by atoms with E-state index in [4.69, 9.17) is 0 Å². The number of benzene rings is 2. The Morgan fingerprint density at radius 2 is 1.79 bits per heavy atom. The molecule has 4 rings (SSSR count). The summed E-state index contributed by atoms with van der Waals surface area (Å²) in [5, 5.41) is 0.342. The molecule has 1 aliphatic rings. The lowest BCUT2D eigenvalue weighted by Gasteiger charge is -2.29. The zero-order valence-corrected chi connectivity index (χ0v) is 16.9. The van der Waals surface area contributed by atoms with E-state index >= 15 is 0 Å². The van der Waals surface area contributed by atoms with Crippen molar-refractivity contribution in [3.8, 4) is 0 Å². The molecule has 7 heteroatoms. The third-order valence-electron chi connectivity index (χ3n) is 5.59. The number of rotatable bonds is 3. The zero-order valence-electron chi connectivity index (χ0n) is 16.0. The van der Waals surface area contributed by atoms with Crippen LogP contribution in [0.15, 0.2) is 41.3 Å². The number of aromatic nitrogens is 1. The molecule has 148 valence electrons. The average Bonchev–Trinajstić information content (AvgIpc) is 2.97. The van der Waals surface area contributed by atoms with Gasteiger partial charge in [0.15, 0.2) is 5.82 Å². The Bertz CT molecular complexity index is 1170. The van der Waals surface area contributed by atoms with E-state index in [2.05, 4.69) is 4.90 Å². The van der Waals surface area contributed by atoms with Crippen molar-refractivity contribution in [2.75, 3.05) is 14.1 Å². The Morgan fingerprint density at radius 3 is 2.43 bits per heavy atom. The van der Waals surface area contributed by atoms with E-state index in [1.807, 2.05) is 21.0 Å². The molecule has 1 heterocycles. The summed E-state index contributed by atoms with van der Waals surface area (Å²) < 4.78 is 56.8. The normalized spacial score (nSPS) is 17.3. The first kappa shape index (κ1) is 19.1. The number of halogens is 2. The molecule has 0 amide bonds. The lowest BCUT2D eigenvalue weighted by Crippen LogP contribution is -2.34. The molecular formula is C21H22F2N2O2S. The second-order valence-electron chi connectivity index (χ2n) is 7.65. The minimum atomic E-state index is -4.01. The second kappa shape index (κ2) is 6.67. The predicted octanol–water partition coefficient (Wildman–Crippen LogP) is 3.88. The maximum absolute atomic E-state index is 14.8. The number of hydrogen-bond donors (Lipinski definition) is 0. The summed E-state index contributed by atoms with van der Waals surface area (Å²) in [5.41, 5.74) is 2.14. The molecular weight excluding hydrogens is 382 g/mol. The topological polar surface area (TPSA) is 42.3 Å². The first-order valence-corrected chi connectivity index (χ1v) is 10.6. The number of likely N-dealkylation sites (N-methyl/N-ethyl adjacent to an activating group) is 1. The monoisotopic (exact) mass is 404 g/mol. The van der Waals surface area contributed by atoms with Crippen molar-refractivity contribution >= 4 is 20.9 Å². The molecule has 0 N–H and O–H groups in total. The van der Waals surface area contributed by atoms with Crippen molar-refractivity contribution in [1.82, 2.24) is 8.87 Å². The van der Waals surface area contributed by atoms with E-state index in [9.17, 15) is 17.2 Å². The molecule has 3 aromatic rings. The van der Waals surface area contributed by atoms with E-state index < -0.39 is 21.7 Å². The molecule has 1 aliphatic carbocycles. The van der Waals surface area contributed by atoms with Gasteiger partial charge < -0.3 is 4.90 Å². The van der Waals surface area contributed by atoms with Gasteiger partial charge in [-0.15, -0.1) is 0 Å². The number of fused-ring (bicyclic) bond motifs is 3. The lowest BCUT2D eigenvalue weighted by molar-refractivity contribution is 0.267. The van der Waals surface area contributed by atoms with Gasteiger partial charge >= 0.3 is 0 Å². The van der Waals surface area contributed by atoms with Gasteiger partial charge in [0.1, 0.15) is 11.3 Å². The molecule has 28 heavy (non-hydrogen) atoms. The van der Waals surface area contributed by atoms with Crippen LogP contribution in [-0.4, -0.2) is 37.4 Å². The molecule has 0 spiro atoms. The van der Waals surface area contributed by atoms with Gasteiger partial charge in [0.25, 0.3) is 10.0 Å². The summed E-state index contributed by atoms with van der Waals surface area (Å²) in [6.45, 7) is 1.87. The molecule has 1 unspecified atom stereocenters. The summed E-state index contributed by atoms with van der Waals surface area (Å²) in [6.07, 6.45) is 1.79. The third kappa shape index (κ3) is 2.93. The molecule has 0 saturated heterocycles. The van der Waals surface area contributed by atoms with Crippen LogP contribution in [0.1, 0.15) is 23.2 Å². The van der Waals surface area contributed by atoms with E-state index in [1.165, 1.54) is 18.2 Å². The Balaban J connectivity index is 2.03. The number of hydrogen-bond acceptors (Lipinski definition) is 3. The molecule has 0 aliphatic heterocycles. The summed E-state index contributed by atoms with van der Waals surface area (Å²) in [4.78, 5) is 2.16. The largest absolute Gasteiger partial charge is 0.306 e. The van der Waals surface area contributed by atoms with Crippen LogP contribution < -0.4 is 0 Å². The van der Waals surface area contributed by atoms with Crippen molar-refractivity contribution in [2.24, 2.45) is 0 Å². The predicted molar refractivity (Wildman–Crippen MR) is 105 cm³/mol. The van der Waals surface area contributed by atoms with Gasteiger partial charge in [0.05, 0.1) is 4.90 Å². The summed E-state index contributed by atoms with van der Waals surface area (Å²) in [5.74, 6) is -1.56. The Hall–Kier alpha value is -2.25. The van der Waals surface area contributed by atoms with E-state index in [0.29, 0.717) is 29.5 Å². The van der Waals surface area contributed by atoms with Crippen LogP contribution in [0.25, 0.3) is 10.9 Å². The van der Waals surface area contributed by atoms with Crippen LogP contribution in [-0.2, 0) is 22.9 Å². The quantitative estimate of drug-likeness (QED) is 0.665. The lowest BCUT2D eigenvalue weighted by atomic mass is 9.91. The molecule has 0 bridgehead atoms. The summed E-state index contributed by atoms with van der Waals surface area (Å²) >= 11 is 0. The Labute approximate surface area is 163 Å². The van der Waals surface area contributed by atoms with Gasteiger partial charge in [-0.3, -0.25) is 0 Å². The maximum Gasteiger partial charge on any atom is 0.268 e. The van der Waals surface area contributed by atoms with Gasteiger partial charge in [-0.2, -0.15) is 0 Å². The van der Waals surface area contributed by atoms with Crippen molar-refractivity contribution < 1.29 is 17.2 Å². The highest BCUT2D eigenvalue weighted by Crippen LogP contribution is 2.37. The van der Waals surface area contributed by atoms with Gasteiger partial charge in [-0.25, -0.2) is 21.2 Å². The smallest absolute Gasteiger partial charge is 0.268 e. The fourth-order valence-corrected chi connectivity index (χ4v) is 5.67. The van der Waals surface area contributed by atoms with Crippen LogP contribution in [0.3, 0.4) is 0 Å². The van der Waals surface area contributed by atoms with Crippen LogP contribution >= 0.6 is 0 Å². The molecule has 2 aromatic carbocycles. The molecule has 0 saturated carbocycles. The fraction of sp³-hybridized carbons (Fsp3) is 0.333. The van der Waals surface area contributed by atoms with Crippen molar-refractivity contribution in [3.05, 3.63) is 64.9 Å². The van der Waals surface area contributed by atoms with Gasteiger partial charge in [0, 0.05) is 23.2 Å². The highest BCUT2D eigenvalue weighted by Gasteiger charge is 2.33. The average molecular weight is 404 g/mol. The Morgan fingerprint density at radius 1 is 1.11 bits per heavy atom. The fourth-order valence-electron chi connectivity index (χ4n) is 4.06. The molecule has 1 atom stereocenters. The first-order chi connectivity index (χ1) is 13.2. The minimum absolute atomic E-state index is 0.0635. The molecule has 0 fully saturated rings. The van der Waals surface area contributed by atoms with E-state index in [-0.39, 0.29) is 16.5 Å². The van der Waals surface area contributed by atoms with Gasteiger partial charge in [-0.05, 0) is 64.0 Å². The van der Waals surface area contributed by atoms with Crippen LogP contribution in [0, 0.1) is 18.6 Å². The summed E-state index contributed by atoms with van der Waals surface area (Å²) in [7, 11) is -0.0981. The standard InChI is InChI=1S/C21H22F2N2O2S/c1-13-4-7-16(8-5-13)28(26,27)25-20-9-6-15(24(2)3)12-17(20)18-10-14(22)11-19(23)21(18)25/h4-5,7-8,10-11,15H,6,9,12H2,1-3H3. The van der Waals surface area contributed by atoms with Gasteiger partial charge in [0.2, 0.25) is 0 Å².